The number of esters is 1. The maximum atomic E-state index is 13.1. The molecule has 3 rings (SSSR count). The second kappa shape index (κ2) is 10.3. The Morgan fingerprint density at radius 3 is 2.39 bits per heavy atom. The molecular weight excluding hydrogens is 442 g/mol. The van der Waals surface area contributed by atoms with Crippen LogP contribution in [0.4, 0.5) is 0 Å². The number of carbonyl (C=O) groups excluding carboxylic acids is 2. The van der Waals surface area contributed by atoms with E-state index in [0.717, 1.165) is 25.7 Å². The smallest absolute Gasteiger partial charge is 0.342 e. The van der Waals surface area contributed by atoms with E-state index in [1.807, 2.05) is 0 Å². The van der Waals surface area contributed by atoms with Gasteiger partial charge >= 0.3 is 5.97 Å². The van der Waals surface area contributed by atoms with E-state index < -0.39 is 28.4 Å². The molecule has 0 radical (unpaired) electrons. The minimum absolute atomic E-state index is 0.0108. The summed E-state index contributed by atoms with van der Waals surface area (Å²) in [5.74, 6) is -1.11. The molecule has 1 fully saturated rings. The Bertz CT molecular complexity index is 1060. The van der Waals surface area contributed by atoms with Crippen molar-refractivity contribution < 1.29 is 27.5 Å². The van der Waals surface area contributed by atoms with Crippen LogP contribution in [-0.2, 0) is 14.8 Å². The number of halogens is 1. The van der Waals surface area contributed by atoms with Crippen LogP contribution in [0, 0.1) is 0 Å². The van der Waals surface area contributed by atoms with E-state index in [1.165, 1.54) is 35.7 Å². The number of nitrogens with zero attached hydrogens (tertiary/aromatic N) is 1. The van der Waals surface area contributed by atoms with Crippen molar-refractivity contribution >= 4 is 33.4 Å². The zero-order valence-electron chi connectivity index (χ0n) is 17.2. The number of carbonyl (C=O) groups is 2. The molecule has 0 N–H and O–H groups in total. The number of ketones is 1. The van der Waals surface area contributed by atoms with Gasteiger partial charge in [0.25, 0.3) is 0 Å². The molecule has 31 heavy (non-hydrogen) atoms. The van der Waals surface area contributed by atoms with Gasteiger partial charge in [-0.3, -0.25) is 4.79 Å². The van der Waals surface area contributed by atoms with Gasteiger partial charge in [0.15, 0.2) is 12.4 Å². The van der Waals surface area contributed by atoms with Crippen molar-refractivity contribution in [3.05, 3.63) is 58.6 Å². The average molecular weight is 466 g/mol. The first kappa shape index (κ1) is 23.2. The van der Waals surface area contributed by atoms with Gasteiger partial charge < -0.3 is 9.47 Å². The lowest BCUT2D eigenvalue weighted by molar-refractivity contribution is 0.0471. The Hall–Kier alpha value is -2.42. The topological polar surface area (TPSA) is 90.0 Å². The molecule has 0 unspecified atom stereocenters. The first-order valence-corrected chi connectivity index (χ1v) is 11.8. The van der Waals surface area contributed by atoms with Gasteiger partial charge in [-0.05, 0) is 43.2 Å². The fraction of sp³-hybridized carbons (Fsp3) is 0.364. The normalized spacial score (nSPS) is 15.2. The average Bonchev–Trinajstić information content (AvgIpc) is 3.07. The van der Waals surface area contributed by atoms with Crippen LogP contribution >= 0.6 is 11.6 Å². The molecule has 1 saturated heterocycles. The molecule has 166 valence electrons. The van der Waals surface area contributed by atoms with Crippen LogP contribution in [0.3, 0.4) is 0 Å². The second-order valence-corrected chi connectivity index (χ2v) is 9.56. The van der Waals surface area contributed by atoms with Crippen LogP contribution in [-0.4, -0.2) is 51.3 Å². The third kappa shape index (κ3) is 5.64. The van der Waals surface area contributed by atoms with Crippen molar-refractivity contribution in [3.63, 3.8) is 0 Å². The van der Waals surface area contributed by atoms with Crippen molar-refractivity contribution in [1.82, 2.24) is 4.31 Å². The predicted molar refractivity (Wildman–Crippen MR) is 116 cm³/mol. The third-order valence-electron chi connectivity index (χ3n) is 5.07. The van der Waals surface area contributed by atoms with Crippen LogP contribution in [0.25, 0.3) is 0 Å². The van der Waals surface area contributed by atoms with Crippen LogP contribution in [0.5, 0.6) is 5.75 Å². The summed E-state index contributed by atoms with van der Waals surface area (Å²) in [7, 11) is -2.39. The lowest BCUT2D eigenvalue weighted by Gasteiger charge is -2.20. The SMILES string of the molecule is COc1ccc(S(=O)(=O)N2CCCCCC2)cc1C(=O)OCC(=O)c1cccc(Cl)c1. The number of rotatable bonds is 7. The number of sulfonamides is 1. The van der Waals surface area contributed by atoms with Gasteiger partial charge in [-0.15, -0.1) is 0 Å². The zero-order chi connectivity index (χ0) is 22.4. The van der Waals surface area contributed by atoms with Gasteiger partial charge in [0.05, 0.1) is 12.0 Å². The van der Waals surface area contributed by atoms with E-state index in [4.69, 9.17) is 21.1 Å². The van der Waals surface area contributed by atoms with Crippen molar-refractivity contribution in [2.24, 2.45) is 0 Å². The fourth-order valence-corrected chi connectivity index (χ4v) is 5.13. The summed E-state index contributed by atoms with van der Waals surface area (Å²) in [6, 6.07) is 10.4. The van der Waals surface area contributed by atoms with Crippen molar-refractivity contribution in [1.29, 1.82) is 0 Å². The molecule has 1 aliphatic heterocycles. The summed E-state index contributed by atoms with van der Waals surface area (Å²) in [6.07, 6.45) is 3.59. The summed E-state index contributed by atoms with van der Waals surface area (Å²) in [5.41, 5.74) is 0.252. The highest BCUT2D eigenvalue weighted by Gasteiger charge is 2.27. The molecule has 0 spiro atoms. The minimum Gasteiger partial charge on any atom is -0.496 e. The monoisotopic (exact) mass is 465 g/mol. The molecular formula is C22H24ClNO6S. The van der Waals surface area contributed by atoms with E-state index in [-0.39, 0.29) is 16.2 Å². The number of hydrogen-bond acceptors (Lipinski definition) is 6. The molecule has 7 nitrogen and oxygen atoms in total. The van der Waals surface area contributed by atoms with Gasteiger partial charge in [-0.25, -0.2) is 13.2 Å². The quantitative estimate of drug-likeness (QED) is 0.454. The van der Waals surface area contributed by atoms with Crippen molar-refractivity contribution in [2.75, 3.05) is 26.8 Å². The fourth-order valence-electron chi connectivity index (χ4n) is 3.39. The van der Waals surface area contributed by atoms with Gasteiger partial charge in [0, 0.05) is 23.7 Å². The largest absolute Gasteiger partial charge is 0.496 e. The zero-order valence-corrected chi connectivity index (χ0v) is 18.7. The molecule has 0 bridgehead atoms. The van der Waals surface area contributed by atoms with Crippen molar-refractivity contribution in [2.45, 2.75) is 30.6 Å². The molecule has 0 aliphatic carbocycles. The maximum Gasteiger partial charge on any atom is 0.342 e. The standard InChI is InChI=1S/C22H24ClNO6S/c1-29-21-10-9-18(31(27,28)24-11-4-2-3-5-12-24)14-19(21)22(26)30-15-20(25)16-7-6-8-17(23)13-16/h6-10,13-14H,2-5,11-12,15H2,1H3. The number of hydrogen-bond donors (Lipinski definition) is 0. The Kier molecular flexibility index (Phi) is 7.69. The van der Waals surface area contributed by atoms with E-state index >= 15 is 0 Å². The highest BCUT2D eigenvalue weighted by Crippen LogP contribution is 2.27. The van der Waals surface area contributed by atoms with E-state index in [2.05, 4.69) is 0 Å². The summed E-state index contributed by atoms with van der Waals surface area (Å²) < 4.78 is 37.9. The highest BCUT2D eigenvalue weighted by atomic mass is 35.5. The minimum atomic E-state index is -3.76. The Balaban J connectivity index is 1.79. The lowest BCUT2D eigenvalue weighted by atomic mass is 10.1. The van der Waals surface area contributed by atoms with Gasteiger partial charge in [0.1, 0.15) is 11.3 Å². The Morgan fingerprint density at radius 1 is 1.03 bits per heavy atom. The Morgan fingerprint density at radius 2 is 1.74 bits per heavy atom. The summed E-state index contributed by atoms with van der Waals surface area (Å²) in [5, 5.41) is 0.394. The third-order valence-corrected chi connectivity index (χ3v) is 7.20. The molecule has 2 aromatic rings. The molecule has 0 saturated carbocycles. The predicted octanol–water partition coefficient (Wildman–Crippen LogP) is 3.95. The molecule has 2 aromatic carbocycles. The number of ether oxygens (including phenoxy) is 2. The molecule has 1 aliphatic rings. The molecule has 0 amide bonds. The Labute approximate surface area is 187 Å². The van der Waals surface area contributed by atoms with Crippen LogP contribution in [0.1, 0.15) is 46.4 Å². The number of Topliss-reactive ketones (excluding diaryl/α,β-unsaturated/α-hetero) is 1. The lowest BCUT2D eigenvalue weighted by Crippen LogP contribution is -2.32. The van der Waals surface area contributed by atoms with Crippen LogP contribution < -0.4 is 4.74 Å². The number of benzene rings is 2. The van der Waals surface area contributed by atoms with Crippen LogP contribution in [0.2, 0.25) is 5.02 Å². The molecule has 9 heteroatoms. The molecule has 1 heterocycles. The number of methoxy groups -OCH3 is 1. The second-order valence-electron chi connectivity index (χ2n) is 7.19. The van der Waals surface area contributed by atoms with Gasteiger partial charge in [-0.1, -0.05) is 36.6 Å². The van der Waals surface area contributed by atoms with Crippen LogP contribution in [0.15, 0.2) is 47.4 Å². The summed E-state index contributed by atoms with van der Waals surface area (Å²) >= 11 is 5.88. The molecule has 0 aromatic heterocycles. The maximum absolute atomic E-state index is 13.1. The van der Waals surface area contributed by atoms with Gasteiger partial charge in [0.2, 0.25) is 10.0 Å². The molecule has 0 atom stereocenters. The summed E-state index contributed by atoms with van der Waals surface area (Å²) in [4.78, 5) is 24.9. The van der Waals surface area contributed by atoms with Gasteiger partial charge in [-0.2, -0.15) is 4.31 Å². The van der Waals surface area contributed by atoms with E-state index in [1.54, 1.807) is 18.2 Å². The van der Waals surface area contributed by atoms with Crippen molar-refractivity contribution in [3.8, 4) is 5.75 Å². The first-order valence-electron chi connectivity index (χ1n) is 9.97. The first-order chi connectivity index (χ1) is 14.8. The van der Waals surface area contributed by atoms with E-state index in [9.17, 15) is 18.0 Å². The highest BCUT2D eigenvalue weighted by molar-refractivity contribution is 7.89. The summed E-state index contributed by atoms with van der Waals surface area (Å²) in [6.45, 7) is 0.385. The van der Waals surface area contributed by atoms with E-state index in [0.29, 0.717) is 23.7 Å².